The van der Waals surface area contributed by atoms with E-state index in [2.05, 4.69) is 5.32 Å². The summed E-state index contributed by atoms with van der Waals surface area (Å²) in [6.45, 7) is 5.14. The third-order valence-corrected chi connectivity index (χ3v) is 4.86. The van der Waals surface area contributed by atoms with Gasteiger partial charge in [0.05, 0.1) is 12.4 Å². The Kier molecular flexibility index (Phi) is 6.55. The van der Waals surface area contributed by atoms with Gasteiger partial charge in [0.15, 0.2) is 0 Å². The van der Waals surface area contributed by atoms with Gasteiger partial charge in [0.2, 0.25) is 7.37 Å². The van der Waals surface area contributed by atoms with Crippen LogP contribution in [0.15, 0.2) is 30.3 Å². The van der Waals surface area contributed by atoms with Crippen molar-refractivity contribution >= 4 is 25.1 Å². The molecule has 0 bridgehead atoms. The Morgan fingerprint density at radius 2 is 1.83 bits per heavy atom. The van der Waals surface area contributed by atoms with Gasteiger partial charge in [-0.15, -0.1) is 12.4 Å². The molecule has 0 aliphatic carbocycles. The van der Waals surface area contributed by atoms with Crippen molar-refractivity contribution in [3.63, 3.8) is 0 Å². The van der Waals surface area contributed by atoms with E-state index in [1.807, 2.05) is 0 Å². The number of rotatable bonds is 5. The molecule has 0 radical (unpaired) electrons. The van der Waals surface area contributed by atoms with Gasteiger partial charge in [0.25, 0.3) is 0 Å². The molecule has 0 saturated carbocycles. The number of hydrogen-bond donors (Lipinski definition) is 3. The number of hydrogen-bond acceptors (Lipinski definition) is 3. The van der Waals surface area contributed by atoms with E-state index in [1.165, 1.54) is 0 Å². The molecule has 18 heavy (non-hydrogen) atoms. The van der Waals surface area contributed by atoms with E-state index in [0.717, 1.165) is 0 Å². The number of aliphatic hydroxyl groups excluding tert-OH is 1. The molecule has 0 aliphatic rings. The van der Waals surface area contributed by atoms with Gasteiger partial charge in [-0.3, -0.25) is 9.88 Å². The standard InChI is InChI=1S/C12H20NO3P.ClH/c1-10(13-12(2,3)9-14)17(15,16)11-7-5-4-6-8-11;/h4-8,10,13-14H,9H2,1-3H3,(H,15,16);1H. The molecule has 6 heteroatoms. The van der Waals surface area contributed by atoms with Gasteiger partial charge in [-0.1, -0.05) is 18.2 Å². The van der Waals surface area contributed by atoms with Crippen LogP contribution in [-0.4, -0.2) is 27.9 Å². The minimum absolute atomic E-state index is 0. The first-order valence-electron chi connectivity index (χ1n) is 5.56. The van der Waals surface area contributed by atoms with E-state index in [1.54, 1.807) is 51.1 Å². The van der Waals surface area contributed by atoms with Gasteiger partial charge in [-0.2, -0.15) is 0 Å². The molecule has 0 heterocycles. The second-order valence-corrected chi connectivity index (χ2v) is 7.36. The van der Waals surface area contributed by atoms with E-state index >= 15 is 0 Å². The molecular formula is C12H21ClNO3P. The molecule has 2 atom stereocenters. The third-order valence-electron chi connectivity index (χ3n) is 2.65. The SMILES string of the molecule is CC(NC(C)(C)CO)P(=O)(O)c1ccccc1.Cl. The number of aliphatic hydroxyl groups is 1. The molecule has 0 aliphatic heterocycles. The quantitative estimate of drug-likeness (QED) is 0.723. The number of benzene rings is 1. The maximum Gasteiger partial charge on any atom is 0.245 e. The Balaban J connectivity index is 0.00000289. The zero-order chi connectivity index (χ0) is 13.1. The van der Waals surface area contributed by atoms with Gasteiger partial charge in [0.1, 0.15) is 0 Å². The Hall–Kier alpha value is -0.380. The minimum Gasteiger partial charge on any atom is -0.394 e. The van der Waals surface area contributed by atoms with Crippen LogP contribution in [0.4, 0.5) is 0 Å². The second kappa shape index (κ2) is 6.69. The molecule has 1 aromatic rings. The molecule has 0 spiro atoms. The number of halogens is 1. The van der Waals surface area contributed by atoms with Crippen molar-refractivity contribution in [1.82, 2.24) is 5.32 Å². The largest absolute Gasteiger partial charge is 0.394 e. The Morgan fingerprint density at radius 1 is 1.33 bits per heavy atom. The molecule has 0 fully saturated rings. The lowest BCUT2D eigenvalue weighted by Gasteiger charge is -2.30. The lowest BCUT2D eigenvalue weighted by atomic mass is 10.1. The van der Waals surface area contributed by atoms with Crippen LogP contribution in [0.25, 0.3) is 0 Å². The zero-order valence-corrected chi connectivity index (χ0v) is 12.5. The molecule has 0 saturated heterocycles. The lowest BCUT2D eigenvalue weighted by Crippen LogP contribution is -2.48. The molecule has 3 N–H and O–H groups in total. The predicted molar refractivity (Wildman–Crippen MR) is 76.9 cm³/mol. The summed E-state index contributed by atoms with van der Waals surface area (Å²) in [6, 6.07) is 8.57. The molecule has 0 amide bonds. The summed E-state index contributed by atoms with van der Waals surface area (Å²) in [5.41, 5.74) is -0.577. The van der Waals surface area contributed by atoms with E-state index in [-0.39, 0.29) is 19.0 Å². The van der Waals surface area contributed by atoms with Gasteiger partial charge < -0.3 is 10.00 Å². The van der Waals surface area contributed by atoms with Crippen molar-refractivity contribution < 1.29 is 14.6 Å². The Morgan fingerprint density at radius 3 is 2.28 bits per heavy atom. The third kappa shape index (κ3) is 4.38. The fourth-order valence-corrected chi connectivity index (χ4v) is 3.13. The van der Waals surface area contributed by atoms with Crippen molar-refractivity contribution in [3.8, 4) is 0 Å². The summed E-state index contributed by atoms with van der Waals surface area (Å²) in [5.74, 6) is -0.605. The van der Waals surface area contributed by atoms with Gasteiger partial charge >= 0.3 is 0 Å². The maximum absolute atomic E-state index is 12.3. The van der Waals surface area contributed by atoms with Crippen LogP contribution >= 0.6 is 19.8 Å². The lowest BCUT2D eigenvalue weighted by molar-refractivity contribution is 0.185. The summed E-state index contributed by atoms with van der Waals surface area (Å²) in [6.07, 6.45) is 0. The monoisotopic (exact) mass is 293 g/mol. The first-order chi connectivity index (χ1) is 7.79. The fraction of sp³-hybridized carbons (Fsp3) is 0.500. The minimum atomic E-state index is -3.47. The second-order valence-electron chi connectivity index (χ2n) is 4.82. The highest BCUT2D eigenvalue weighted by atomic mass is 35.5. The molecule has 4 nitrogen and oxygen atoms in total. The summed E-state index contributed by atoms with van der Waals surface area (Å²) in [7, 11) is -3.47. The molecular weight excluding hydrogens is 273 g/mol. The van der Waals surface area contributed by atoms with Gasteiger partial charge in [-0.05, 0) is 32.9 Å². The predicted octanol–water partition coefficient (Wildman–Crippen LogP) is 1.71. The van der Waals surface area contributed by atoms with Crippen molar-refractivity contribution in [2.45, 2.75) is 32.1 Å². The average Bonchev–Trinajstić information content (AvgIpc) is 2.29. The molecule has 104 valence electrons. The summed E-state index contributed by atoms with van der Waals surface area (Å²) >= 11 is 0. The van der Waals surface area contributed by atoms with Crippen LogP contribution in [0.1, 0.15) is 20.8 Å². The molecule has 2 unspecified atom stereocenters. The van der Waals surface area contributed by atoms with Crippen LogP contribution in [-0.2, 0) is 4.57 Å². The molecule has 1 rings (SSSR count). The normalized spacial score (nSPS) is 16.5. The highest BCUT2D eigenvalue weighted by Crippen LogP contribution is 2.44. The van der Waals surface area contributed by atoms with Gasteiger partial charge in [-0.25, -0.2) is 0 Å². The first-order valence-corrected chi connectivity index (χ1v) is 7.29. The highest BCUT2D eigenvalue weighted by molar-refractivity contribution is 7.66. The summed E-state index contributed by atoms with van der Waals surface area (Å²) < 4.78 is 12.3. The van der Waals surface area contributed by atoms with E-state index < -0.39 is 18.7 Å². The summed E-state index contributed by atoms with van der Waals surface area (Å²) in [5, 5.41) is 12.6. The Labute approximate surface area is 114 Å². The highest BCUT2D eigenvalue weighted by Gasteiger charge is 2.32. The van der Waals surface area contributed by atoms with Crippen LogP contribution in [0.3, 0.4) is 0 Å². The average molecular weight is 294 g/mol. The summed E-state index contributed by atoms with van der Waals surface area (Å²) in [4.78, 5) is 10.1. The van der Waals surface area contributed by atoms with Crippen LogP contribution in [0.5, 0.6) is 0 Å². The van der Waals surface area contributed by atoms with Crippen molar-refractivity contribution in [3.05, 3.63) is 30.3 Å². The van der Waals surface area contributed by atoms with E-state index in [9.17, 15) is 9.46 Å². The zero-order valence-electron chi connectivity index (χ0n) is 10.8. The smallest absolute Gasteiger partial charge is 0.245 e. The topological polar surface area (TPSA) is 69.6 Å². The van der Waals surface area contributed by atoms with Crippen LogP contribution in [0, 0.1) is 0 Å². The van der Waals surface area contributed by atoms with Gasteiger partial charge in [0, 0.05) is 10.8 Å². The van der Waals surface area contributed by atoms with E-state index in [4.69, 9.17) is 5.11 Å². The van der Waals surface area contributed by atoms with Crippen molar-refractivity contribution in [2.24, 2.45) is 0 Å². The molecule has 1 aromatic carbocycles. The van der Waals surface area contributed by atoms with Crippen molar-refractivity contribution in [1.29, 1.82) is 0 Å². The first kappa shape index (κ1) is 17.6. The number of nitrogens with one attached hydrogen (secondary N) is 1. The van der Waals surface area contributed by atoms with Crippen LogP contribution in [0.2, 0.25) is 0 Å². The maximum atomic E-state index is 12.3. The Bertz CT molecular complexity index is 411. The van der Waals surface area contributed by atoms with Crippen molar-refractivity contribution in [2.75, 3.05) is 6.61 Å². The van der Waals surface area contributed by atoms with E-state index in [0.29, 0.717) is 5.30 Å². The van der Waals surface area contributed by atoms with Crippen LogP contribution < -0.4 is 10.6 Å². The molecule has 0 aromatic heterocycles. The fourth-order valence-electron chi connectivity index (χ4n) is 1.56.